The molecule has 1 aromatic heterocycles. The molecule has 0 fully saturated rings. The third-order valence-corrected chi connectivity index (χ3v) is 3.96. The number of halogens is 1. The molecule has 112 valence electrons. The van der Waals surface area contributed by atoms with Crippen LogP contribution < -0.4 is 4.74 Å². The second-order valence-electron chi connectivity index (χ2n) is 4.77. The minimum atomic E-state index is 0.253. The van der Waals surface area contributed by atoms with Crippen LogP contribution in [0.5, 0.6) is 5.75 Å². The fraction of sp³-hybridized carbons (Fsp3) is 0.176. The van der Waals surface area contributed by atoms with Gasteiger partial charge in [0.1, 0.15) is 5.75 Å². The average molecular weight is 359 g/mol. The predicted molar refractivity (Wildman–Crippen MR) is 87.6 cm³/mol. The summed E-state index contributed by atoms with van der Waals surface area (Å²) in [4.78, 5) is 0. The second kappa shape index (κ2) is 6.75. The molecule has 0 N–H and O–H groups in total. The van der Waals surface area contributed by atoms with Crippen molar-refractivity contribution in [3.8, 4) is 17.2 Å². The lowest BCUT2D eigenvalue weighted by atomic mass is 10.2. The molecule has 0 radical (unpaired) electrons. The van der Waals surface area contributed by atoms with Crippen LogP contribution in [0.2, 0.25) is 0 Å². The summed E-state index contributed by atoms with van der Waals surface area (Å²) in [5.41, 5.74) is 2.15. The number of hydrogen-bond acceptors (Lipinski definition) is 4. The zero-order valence-corrected chi connectivity index (χ0v) is 13.7. The fourth-order valence-electron chi connectivity index (χ4n) is 2.02. The Morgan fingerprint density at radius 2 is 1.82 bits per heavy atom. The Morgan fingerprint density at radius 1 is 1.05 bits per heavy atom. The minimum Gasteiger partial charge on any atom is -0.484 e. The van der Waals surface area contributed by atoms with Crippen LogP contribution in [0.15, 0.2) is 57.4 Å². The van der Waals surface area contributed by atoms with Gasteiger partial charge in [-0.1, -0.05) is 31.2 Å². The Kier molecular flexibility index (Phi) is 4.53. The molecule has 0 aliphatic carbocycles. The Morgan fingerprint density at radius 3 is 2.55 bits per heavy atom. The molecule has 0 bridgehead atoms. The molecular weight excluding hydrogens is 344 g/mol. The van der Waals surface area contributed by atoms with Crippen molar-refractivity contribution < 1.29 is 9.15 Å². The molecule has 3 aromatic rings. The Labute approximate surface area is 137 Å². The molecule has 5 heteroatoms. The van der Waals surface area contributed by atoms with Crippen molar-refractivity contribution in [3.05, 3.63) is 64.5 Å². The summed E-state index contributed by atoms with van der Waals surface area (Å²) in [5.74, 6) is 1.72. The normalized spacial score (nSPS) is 10.6. The van der Waals surface area contributed by atoms with E-state index in [-0.39, 0.29) is 6.61 Å². The monoisotopic (exact) mass is 358 g/mol. The van der Waals surface area contributed by atoms with E-state index in [1.54, 1.807) is 0 Å². The van der Waals surface area contributed by atoms with E-state index in [1.807, 2.05) is 36.4 Å². The van der Waals surface area contributed by atoms with Crippen LogP contribution in [0.4, 0.5) is 0 Å². The van der Waals surface area contributed by atoms with Crippen molar-refractivity contribution in [2.75, 3.05) is 0 Å². The van der Waals surface area contributed by atoms with Crippen molar-refractivity contribution in [2.45, 2.75) is 20.0 Å². The van der Waals surface area contributed by atoms with Crippen LogP contribution in [0, 0.1) is 0 Å². The number of aromatic nitrogens is 2. The van der Waals surface area contributed by atoms with Crippen molar-refractivity contribution >= 4 is 15.9 Å². The predicted octanol–water partition coefficient (Wildman–Crippen LogP) is 4.64. The van der Waals surface area contributed by atoms with E-state index < -0.39 is 0 Å². The number of nitrogens with zero attached hydrogens (tertiary/aromatic N) is 2. The van der Waals surface area contributed by atoms with Gasteiger partial charge in [-0.3, -0.25) is 0 Å². The lowest BCUT2D eigenvalue weighted by Gasteiger charge is -2.04. The van der Waals surface area contributed by atoms with Crippen LogP contribution in [0.3, 0.4) is 0 Å². The summed E-state index contributed by atoms with van der Waals surface area (Å²) in [6, 6.07) is 15.7. The first-order chi connectivity index (χ1) is 10.8. The molecule has 2 aromatic carbocycles. The molecule has 0 spiro atoms. The van der Waals surface area contributed by atoms with E-state index in [0.717, 1.165) is 22.2 Å². The molecule has 4 nitrogen and oxygen atoms in total. The second-order valence-corrected chi connectivity index (χ2v) is 5.62. The summed E-state index contributed by atoms with van der Waals surface area (Å²) >= 11 is 3.47. The van der Waals surface area contributed by atoms with Crippen molar-refractivity contribution in [1.29, 1.82) is 0 Å². The van der Waals surface area contributed by atoms with Crippen LogP contribution in [0.25, 0.3) is 11.5 Å². The van der Waals surface area contributed by atoms with E-state index in [9.17, 15) is 0 Å². The summed E-state index contributed by atoms with van der Waals surface area (Å²) in [6.45, 7) is 2.38. The maximum Gasteiger partial charge on any atom is 0.254 e. The van der Waals surface area contributed by atoms with E-state index in [2.05, 4.69) is 45.2 Å². The highest BCUT2D eigenvalue weighted by Crippen LogP contribution is 2.26. The van der Waals surface area contributed by atoms with Gasteiger partial charge in [-0.05, 0) is 52.2 Å². The van der Waals surface area contributed by atoms with Crippen molar-refractivity contribution in [2.24, 2.45) is 0 Å². The van der Waals surface area contributed by atoms with Gasteiger partial charge in [-0.25, -0.2) is 0 Å². The van der Waals surface area contributed by atoms with Gasteiger partial charge >= 0.3 is 0 Å². The smallest absolute Gasteiger partial charge is 0.254 e. The van der Waals surface area contributed by atoms with Crippen molar-refractivity contribution in [1.82, 2.24) is 10.2 Å². The number of aryl methyl sites for hydroxylation is 1. The molecule has 0 amide bonds. The third kappa shape index (κ3) is 3.36. The van der Waals surface area contributed by atoms with E-state index >= 15 is 0 Å². The molecule has 0 atom stereocenters. The molecular formula is C17H15BrN2O2. The summed E-state index contributed by atoms with van der Waals surface area (Å²) in [7, 11) is 0. The molecule has 3 rings (SSSR count). The largest absolute Gasteiger partial charge is 0.484 e. The molecule has 0 aliphatic heterocycles. The quantitative estimate of drug-likeness (QED) is 0.666. The Hall–Kier alpha value is -2.14. The number of ether oxygens (including phenoxy) is 1. The van der Waals surface area contributed by atoms with Crippen molar-refractivity contribution in [3.63, 3.8) is 0 Å². The highest BCUT2D eigenvalue weighted by molar-refractivity contribution is 9.10. The molecule has 0 saturated heterocycles. The lowest BCUT2D eigenvalue weighted by Crippen LogP contribution is -1.95. The lowest BCUT2D eigenvalue weighted by molar-refractivity contribution is 0.264. The third-order valence-electron chi connectivity index (χ3n) is 3.27. The van der Waals surface area contributed by atoms with Gasteiger partial charge in [-0.2, -0.15) is 0 Å². The fourth-order valence-corrected chi connectivity index (χ4v) is 2.48. The number of hydrogen-bond donors (Lipinski definition) is 0. The van der Waals surface area contributed by atoms with Crippen LogP contribution in [-0.4, -0.2) is 10.2 Å². The molecule has 0 unspecified atom stereocenters. The van der Waals surface area contributed by atoms with Gasteiger partial charge in [0.25, 0.3) is 5.89 Å². The summed E-state index contributed by atoms with van der Waals surface area (Å²) < 4.78 is 12.2. The standard InChI is InChI=1S/C17H15BrN2O2/c1-2-12-7-9-13(10-8-12)21-11-16-19-20-17(22-16)14-5-3-4-6-15(14)18/h3-10H,2,11H2,1H3. The van der Waals surface area contributed by atoms with Gasteiger partial charge in [0.15, 0.2) is 6.61 Å². The maximum atomic E-state index is 5.66. The molecule has 0 saturated carbocycles. The first-order valence-electron chi connectivity index (χ1n) is 7.05. The van der Waals surface area contributed by atoms with E-state index in [4.69, 9.17) is 9.15 Å². The number of benzene rings is 2. The van der Waals surface area contributed by atoms with E-state index in [1.165, 1.54) is 5.56 Å². The SMILES string of the molecule is CCc1ccc(OCc2nnc(-c3ccccc3Br)o2)cc1. The zero-order valence-electron chi connectivity index (χ0n) is 12.1. The first-order valence-corrected chi connectivity index (χ1v) is 7.84. The first kappa shape index (κ1) is 14.8. The summed E-state index contributed by atoms with van der Waals surface area (Å²) in [5, 5.41) is 8.08. The van der Waals surface area contributed by atoms with Crippen LogP contribution >= 0.6 is 15.9 Å². The van der Waals surface area contributed by atoms with Gasteiger partial charge < -0.3 is 9.15 Å². The van der Waals surface area contributed by atoms with Gasteiger partial charge in [-0.15, -0.1) is 10.2 Å². The van der Waals surface area contributed by atoms with Crippen LogP contribution in [0.1, 0.15) is 18.4 Å². The average Bonchev–Trinajstić information content (AvgIpc) is 3.02. The van der Waals surface area contributed by atoms with Gasteiger partial charge in [0, 0.05) is 4.47 Å². The number of rotatable bonds is 5. The molecule has 0 aliphatic rings. The van der Waals surface area contributed by atoms with E-state index in [0.29, 0.717) is 11.8 Å². The highest BCUT2D eigenvalue weighted by atomic mass is 79.9. The minimum absolute atomic E-state index is 0.253. The van der Waals surface area contributed by atoms with Crippen LogP contribution in [-0.2, 0) is 13.0 Å². The summed E-state index contributed by atoms with van der Waals surface area (Å²) in [6.07, 6.45) is 1.01. The highest BCUT2D eigenvalue weighted by Gasteiger charge is 2.11. The Bertz CT molecular complexity index is 753. The molecule has 22 heavy (non-hydrogen) atoms. The zero-order chi connectivity index (χ0) is 15.4. The van der Waals surface area contributed by atoms with Gasteiger partial charge in [0.05, 0.1) is 5.56 Å². The topological polar surface area (TPSA) is 48.2 Å². The molecule has 1 heterocycles. The Balaban J connectivity index is 1.68. The maximum absolute atomic E-state index is 5.66. The van der Waals surface area contributed by atoms with Gasteiger partial charge in [0.2, 0.25) is 5.89 Å².